The van der Waals surface area contributed by atoms with Crippen LogP contribution in [0.5, 0.6) is 0 Å². The molecule has 0 aliphatic carbocycles. The minimum Gasteiger partial charge on any atom is -0.374 e. The maximum absolute atomic E-state index is 3.72. The van der Waals surface area contributed by atoms with E-state index in [1.165, 1.54) is 22.3 Å². The normalized spacial score (nSPS) is 16.4. The Kier molecular flexibility index (Phi) is 4.60. The van der Waals surface area contributed by atoms with Gasteiger partial charge in [-0.2, -0.15) is 0 Å². The Labute approximate surface area is 158 Å². The summed E-state index contributed by atoms with van der Waals surface area (Å²) in [5.74, 6) is 0. The molecule has 1 heteroatoms. The van der Waals surface area contributed by atoms with Gasteiger partial charge >= 0.3 is 0 Å². The standard InChI is InChI=1S/C25H31N/c1-23(2,3)19-13-7-9-15-21(19)25(17-11-12-18-26-25)22-16-10-8-14-20(22)24(4,5)6/h7-18,26H,1-6H3. The van der Waals surface area contributed by atoms with Crippen molar-refractivity contribution in [2.24, 2.45) is 0 Å². The molecule has 0 bridgehead atoms. The number of dihydropyridines is 1. The molecule has 0 saturated carbocycles. The zero-order chi connectivity index (χ0) is 19.0. The first-order valence-corrected chi connectivity index (χ1v) is 9.48. The van der Waals surface area contributed by atoms with Crippen molar-refractivity contribution in [1.82, 2.24) is 5.32 Å². The number of benzene rings is 2. The Hall–Kier alpha value is -2.28. The molecule has 26 heavy (non-hydrogen) atoms. The zero-order valence-corrected chi connectivity index (χ0v) is 16.9. The summed E-state index contributed by atoms with van der Waals surface area (Å²) >= 11 is 0. The van der Waals surface area contributed by atoms with Crippen LogP contribution in [0.3, 0.4) is 0 Å². The molecule has 1 aliphatic heterocycles. The van der Waals surface area contributed by atoms with E-state index in [0.717, 1.165) is 0 Å². The average Bonchev–Trinajstić information content (AvgIpc) is 2.61. The number of hydrogen-bond acceptors (Lipinski definition) is 1. The van der Waals surface area contributed by atoms with E-state index < -0.39 is 0 Å². The van der Waals surface area contributed by atoms with Gasteiger partial charge in [0.05, 0.1) is 0 Å². The van der Waals surface area contributed by atoms with Gasteiger partial charge in [-0.3, -0.25) is 0 Å². The van der Waals surface area contributed by atoms with Gasteiger partial charge < -0.3 is 5.32 Å². The van der Waals surface area contributed by atoms with E-state index >= 15 is 0 Å². The summed E-state index contributed by atoms with van der Waals surface area (Å²) < 4.78 is 0. The van der Waals surface area contributed by atoms with E-state index in [1.54, 1.807) is 0 Å². The highest BCUT2D eigenvalue weighted by molar-refractivity contribution is 5.54. The van der Waals surface area contributed by atoms with Crippen LogP contribution in [0.2, 0.25) is 0 Å². The molecule has 2 aromatic rings. The van der Waals surface area contributed by atoms with Crippen LogP contribution in [0.1, 0.15) is 63.8 Å². The fraction of sp³-hybridized carbons (Fsp3) is 0.360. The summed E-state index contributed by atoms with van der Waals surface area (Å²) in [4.78, 5) is 0. The molecule has 1 nitrogen and oxygen atoms in total. The fourth-order valence-corrected chi connectivity index (χ4v) is 3.93. The van der Waals surface area contributed by atoms with Gasteiger partial charge in [-0.15, -0.1) is 0 Å². The van der Waals surface area contributed by atoms with Crippen molar-refractivity contribution in [3.05, 3.63) is 95.2 Å². The average molecular weight is 346 g/mol. The van der Waals surface area contributed by atoms with Gasteiger partial charge in [0.25, 0.3) is 0 Å². The van der Waals surface area contributed by atoms with Crippen molar-refractivity contribution in [3.63, 3.8) is 0 Å². The van der Waals surface area contributed by atoms with Crippen molar-refractivity contribution in [2.75, 3.05) is 0 Å². The highest BCUT2D eigenvalue weighted by Gasteiger charge is 2.38. The summed E-state index contributed by atoms with van der Waals surface area (Å²) in [6, 6.07) is 17.7. The summed E-state index contributed by atoms with van der Waals surface area (Å²) in [6.07, 6.45) is 8.61. The van der Waals surface area contributed by atoms with Gasteiger partial charge in [0.15, 0.2) is 0 Å². The second-order valence-electron chi connectivity index (χ2n) is 9.26. The van der Waals surface area contributed by atoms with Crippen molar-refractivity contribution < 1.29 is 0 Å². The van der Waals surface area contributed by atoms with Crippen LogP contribution in [-0.4, -0.2) is 0 Å². The lowest BCUT2D eigenvalue weighted by Gasteiger charge is -2.41. The zero-order valence-electron chi connectivity index (χ0n) is 16.9. The minimum absolute atomic E-state index is 0.0664. The molecule has 0 unspecified atom stereocenters. The van der Waals surface area contributed by atoms with Crippen LogP contribution in [0.15, 0.2) is 73.0 Å². The Morgan fingerprint density at radius 3 is 1.50 bits per heavy atom. The molecule has 1 heterocycles. The molecule has 0 spiro atoms. The van der Waals surface area contributed by atoms with Gasteiger partial charge in [0.1, 0.15) is 5.54 Å². The fourth-order valence-electron chi connectivity index (χ4n) is 3.93. The van der Waals surface area contributed by atoms with Crippen LogP contribution in [-0.2, 0) is 16.4 Å². The molecule has 0 aromatic heterocycles. The molecule has 0 radical (unpaired) electrons. The maximum Gasteiger partial charge on any atom is 0.107 e. The first-order valence-electron chi connectivity index (χ1n) is 9.48. The lowest BCUT2D eigenvalue weighted by molar-refractivity contribution is 0.500. The highest BCUT2D eigenvalue weighted by atomic mass is 15.0. The Bertz CT molecular complexity index is 783. The predicted octanol–water partition coefficient (Wildman–Crippen LogP) is 6.20. The van der Waals surface area contributed by atoms with E-state index in [1.807, 2.05) is 0 Å². The number of allylic oxidation sites excluding steroid dienone is 2. The topological polar surface area (TPSA) is 12.0 Å². The minimum atomic E-state index is -0.359. The van der Waals surface area contributed by atoms with Crippen LogP contribution in [0, 0.1) is 0 Å². The summed E-state index contributed by atoms with van der Waals surface area (Å²) in [7, 11) is 0. The molecule has 2 aromatic carbocycles. The third-order valence-corrected chi connectivity index (χ3v) is 5.18. The Morgan fingerprint density at radius 1 is 0.654 bits per heavy atom. The SMILES string of the molecule is CC(C)(C)c1ccccc1C1(c2ccccc2C(C)(C)C)C=CC=CN1. The van der Waals surface area contributed by atoms with Crippen LogP contribution < -0.4 is 5.32 Å². The summed E-state index contributed by atoms with van der Waals surface area (Å²) in [5.41, 5.74) is 5.16. The second-order valence-corrected chi connectivity index (χ2v) is 9.26. The van der Waals surface area contributed by atoms with E-state index in [-0.39, 0.29) is 16.4 Å². The van der Waals surface area contributed by atoms with E-state index in [0.29, 0.717) is 0 Å². The maximum atomic E-state index is 3.72. The van der Waals surface area contributed by atoms with Crippen molar-refractivity contribution in [3.8, 4) is 0 Å². The van der Waals surface area contributed by atoms with Gasteiger partial charge in [-0.25, -0.2) is 0 Å². The third-order valence-electron chi connectivity index (χ3n) is 5.18. The van der Waals surface area contributed by atoms with Crippen LogP contribution in [0.25, 0.3) is 0 Å². The van der Waals surface area contributed by atoms with Gasteiger partial charge in [-0.1, -0.05) is 102 Å². The molecule has 0 saturated heterocycles. The molecular weight excluding hydrogens is 314 g/mol. The monoisotopic (exact) mass is 345 g/mol. The van der Waals surface area contributed by atoms with Crippen molar-refractivity contribution >= 4 is 0 Å². The van der Waals surface area contributed by atoms with Crippen LogP contribution in [0.4, 0.5) is 0 Å². The third kappa shape index (κ3) is 3.23. The summed E-state index contributed by atoms with van der Waals surface area (Å²) in [5, 5.41) is 3.72. The number of nitrogens with one attached hydrogen (secondary N) is 1. The Morgan fingerprint density at radius 2 is 1.12 bits per heavy atom. The quantitative estimate of drug-likeness (QED) is 0.683. The molecular formula is C25H31N. The van der Waals surface area contributed by atoms with Gasteiger partial charge in [0, 0.05) is 0 Å². The molecule has 0 amide bonds. The predicted molar refractivity (Wildman–Crippen MR) is 112 cm³/mol. The van der Waals surface area contributed by atoms with Crippen molar-refractivity contribution in [2.45, 2.75) is 57.9 Å². The van der Waals surface area contributed by atoms with Gasteiger partial charge in [-0.05, 0) is 45.4 Å². The lowest BCUT2D eigenvalue weighted by Crippen LogP contribution is -2.43. The molecule has 0 atom stereocenters. The lowest BCUT2D eigenvalue weighted by atomic mass is 9.69. The van der Waals surface area contributed by atoms with Crippen LogP contribution >= 0.6 is 0 Å². The van der Waals surface area contributed by atoms with Gasteiger partial charge in [0.2, 0.25) is 0 Å². The molecule has 136 valence electrons. The molecule has 1 N–H and O–H groups in total. The smallest absolute Gasteiger partial charge is 0.107 e. The number of rotatable bonds is 2. The largest absolute Gasteiger partial charge is 0.374 e. The van der Waals surface area contributed by atoms with E-state index in [4.69, 9.17) is 0 Å². The first kappa shape index (κ1) is 18.5. The Balaban J connectivity index is 2.35. The molecule has 3 rings (SSSR count). The summed E-state index contributed by atoms with van der Waals surface area (Å²) in [6.45, 7) is 13.7. The van der Waals surface area contributed by atoms with E-state index in [2.05, 4.69) is 120 Å². The first-order chi connectivity index (χ1) is 12.2. The van der Waals surface area contributed by atoms with E-state index in [9.17, 15) is 0 Å². The molecule has 1 aliphatic rings. The second kappa shape index (κ2) is 6.46. The highest BCUT2D eigenvalue weighted by Crippen LogP contribution is 2.42. The number of hydrogen-bond donors (Lipinski definition) is 1. The molecule has 0 fully saturated rings. The van der Waals surface area contributed by atoms with Crippen molar-refractivity contribution in [1.29, 1.82) is 0 Å².